The molecule has 1 aromatic carbocycles. The number of amides is 2. The van der Waals surface area contributed by atoms with Gasteiger partial charge in [-0.3, -0.25) is 23.6 Å². The summed E-state index contributed by atoms with van der Waals surface area (Å²) >= 11 is 0. The summed E-state index contributed by atoms with van der Waals surface area (Å²) in [5, 5.41) is 3.39. The Hall–Kier alpha value is -3.82. The van der Waals surface area contributed by atoms with E-state index in [9.17, 15) is 18.8 Å². The third-order valence-corrected chi connectivity index (χ3v) is 7.01. The number of nitrogens with zero attached hydrogens (tertiary/aromatic N) is 5. The summed E-state index contributed by atoms with van der Waals surface area (Å²) in [6, 6.07) is 7.66. The van der Waals surface area contributed by atoms with Gasteiger partial charge < -0.3 is 5.32 Å². The van der Waals surface area contributed by atoms with E-state index in [4.69, 9.17) is 4.98 Å². The summed E-state index contributed by atoms with van der Waals surface area (Å²) in [6.45, 7) is 4.62. The van der Waals surface area contributed by atoms with Gasteiger partial charge >= 0.3 is 5.69 Å². The highest BCUT2D eigenvalue weighted by Crippen LogP contribution is 2.29. The SMILES string of the molecule is CC(C)Cn1cc(-c2ccnc(NC3CCC(N4C(=O)CCC4=O)CC3)n2)n(-c2ccc(F)cc2)c1=O. The van der Waals surface area contributed by atoms with E-state index in [2.05, 4.69) is 10.3 Å². The summed E-state index contributed by atoms with van der Waals surface area (Å²) < 4.78 is 16.8. The first-order chi connectivity index (χ1) is 17.8. The van der Waals surface area contributed by atoms with Crippen molar-refractivity contribution in [2.45, 2.75) is 71.0 Å². The van der Waals surface area contributed by atoms with E-state index in [-0.39, 0.29) is 41.3 Å². The first kappa shape index (κ1) is 24.9. The predicted molar refractivity (Wildman–Crippen MR) is 137 cm³/mol. The minimum absolute atomic E-state index is 0.0290. The molecular weight excluding hydrogens is 475 g/mol. The van der Waals surface area contributed by atoms with E-state index >= 15 is 0 Å². The Morgan fingerprint density at radius 1 is 1.00 bits per heavy atom. The van der Waals surface area contributed by atoms with E-state index in [1.807, 2.05) is 13.8 Å². The highest BCUT2D eigenvalue weighted by atomic mass is 19.1. The molecule has 2 amide bonds. The van der Waals surface area contributed by atoms with Crippen LogP contribution in [0.5, 0.6) is 0 Å². The van der Waals surface area contributed by atoms with Crippen molar-refractivity contribution in [1.82, 2.24) is 24.0 Å². The molecule has 0 unspecified atom stereocenters. The number of likely N-dealkylation sites (tertiary alicyclic amines) is 1. The molecule has 1 saturated carbocycles. The fourth-order valence-electron chi connectivity index (χ4n) is 5.27. The molecule has 0 bridgehead atoms. The van der Waals surface area contributed by atoms with Crippen LogP contribution in [-0.2, 0) is 16.1 Å². The Labute approximate surface area is 214 Å². The second kappa shape index (κ2) is 10.3. The van der Waals surface area contributed by atoms with Gasteiger partial charge in [0.15, 0.2) is 0 Å². The van der Waals surface area contributed by atoms with Gasteiger partial charge in [0.2, 0.25) is 17.8 Å². The Morgan fingerprint density at radius 2 is 1.68 bits per heavy atom. The Kier molecular flexibility index (Phi) is 6.90. The van der Waals surface area contributed by atoms with Crippen LogP contribution in [0.4, 0.5) is 10.3 Å². The smallest absolute Gasteiger partial charge is 0.333 e. The standard InChI is InChI=1S/C27H31FN6O3/c1-17(2)15-32-16-23(33(27(32)37)20-7-3-18(28)4-8-20)22-13-14-29-26(31-22)30-19-5-9-21(10-6-19)34-24(35)11-12-25(34)36/h3-4,7-8,13-14,16-17,19,21H,5-6,9-12,15H2,1-2H3,(H,29,30,31). The lowest BCUT2D eigenvalue weighted by Gasteiger charge is -2.33. The number of benzene rings is 1. The molecule has 2 fully saturated rings. The average molecular weight is 507 g/mol. The van der Waals surface area contributed by atoms with Gasteiger partial charge in [-0.25, -0.2) is 19.2 Å². The average Bonchev–Trinajstić information content (AvgIpc) is 3.38. The van der Waals surface area contributed by atoms with Gasteiger partial charge in [-0.15, -0.1) is 0 Å². The monoisotopic (exact) mass is 506 g/mol. The number of carbonyl (C=O) groups excluding carboxylic acids is 2. The summed E-state index contributed by atoms with van der Waals surface area (Å²) in [6.07, 6.45) is 7.15. The van der Waals surface area contributed by atoms with Crippen molar-refractivity contribution in [1.29, 1.82) is 0 Å². The van der Waals surface area contributed by atoms with E-state index in [1.54, 1.807) is 39.7 Å². The lowest BCUT2D eigenvalue weighted by molar-refractivity contribution is -0.141. The van der Waals surface area contributed by atoms with E-state index in [0.717, 1.165) is 25.7 Å². The molecule has 2 aliphatic rings. The van der Waals surface area contributed by atoms with Crippen molar-refractivity contribution < 1.29 is 14.0 Å². The van der Waals surface area contributed by atoms with Gasteiger partial charge in [0.05, 0.1) is 17.1 Å². The third kappa shape index (κ3) is 5.19. The van der Waals surface area contributed by atoms with Crippen LogP contribution in [0, 0.1) is 11.7 Å². The zero-order valence-electron chi connectivity index (χ0n) is 21.1. The molecule has 1 aliphatic carbocycles. The van der Waals surface area contributed by atoms with Gasteiger partial charge in [-0.05, 0) is 61.9 Å². The van der Waals surface area contributed by atoms with Crippen LogP contribution in [0.1, 0.15) is 52.4 Å². The lowest BCUT2D eigenvalue weighted by Crippen LogP contribution is -2.43. The summed E-state index contributed by atoms with van der Waals surface area (Å²) in [5.41, 5.74) is 1.51. The molecule has 10 heteroatoms. The molecule has 1 aliphatic heterocycles. The van der Waals surface area contributed by atoms with Crippen LogP contribution in [0.3, 0.4) is 0 Å². The lowest BCUT2D eigenvalue weighted by atomic mass is 9.90. The topological polar surface area (TPSA) is 102 Å². The molecule has 194 valence electrons. The maximum Gasteiger partial charge on any atom is 0.333 e. The molecule has 5 rings (SSSR count). The van der Waals surface area contributed by atoms with Crippen LogP contribution < -0.4 is 11.0 Å². The molecule has 2 aromatic heterocycles. The van der Waals surface area contributed by atoms with Crippen LogP contribution >= 0.6 is 0 Å². The quantitative estimate of drug-likeness (QED) is 0.490. The largest absolute Gasteiger partial charge is 0.351 e. The zero-order valence-corrected chi connectivity index (χ0v) is 21.1. The van der Waals surface area contributed by atoms with Gasteiger partial charge in [0.25, 0.3) is 0 Å². The minimum Gasteiger partial charge on any atom is -0.351 e. The number of rotatable bonds is 7. The molecule has 1 saturated heterocycles. The number of carbonyl (C=O) groups is 2. The third-order valence-electron chi connectivity index (χ3n) is 7.01. The summed E-state index contributed by atoms with van der Waals surface area (Å²) in [5.74, 6) is 0.215. The number of imidazole rings is 1. The second-order valence-electron chi connectivity index (χ2n) is 10.2. The van der Waals surface area contributed by atoms with Crippen LogP contribution in [0.25, 0.3) is 17.1 Å². The molecule has 3 heterocycles. The minimum atomic E-state index is -0.373. The van der Waals surface area contributed by atoms with E-state index < -0.39 is 0 Å². The number of anilines is 1. The number of nitrogens with one attached hydrogen (secondary N) is 1. The van der Waals surface area contributed by atoms with Crippen LogP contribution in [0.2, 0.25) is 0 Å². The summed E-state index contributed by atoms with van der Waals surface area (Å²) in [4.78, 5) is 48.0. The van der Waals surface area contributed by atoms with Crippen LogP contribution in [-0.4, -0.2) is 47.9 Å². The first-order valence-electron chi connectivity index (χ1n) is 12.8. The van der Waals surface area contributed by atoms with Crippen molar-refractivity contribution in [2.75, 3.05) is 5.32 Å². The van der Waals surface area contributed by atoms with Crippen LogP contribution in [0.15, 0.2) is 47.5 Å². The maximum atomic E-state index is 13.6. The molecule has 3 aromatic rings. The highest BCUT2D eigenvalue weighted by Gasteiger charge is 2.37. The predicted octanol–water partition coefficient (Wildman–Crippen LogP) is 3.76. The summed E-state index contributed by atoms with van der Waals surface area (Å²) in [7, 11) is 0. The molecule has 1 N–H and O–H groups in total. The van der Waals surface area contributed by atoms with E-state index in [0.29, 0.717) is 42.4 Å². The van der Waals surface area contributed by atoms with Crippen molar-refractivity contribution in [3.63, 3.8) is 0 Å². The number of aromatic nitrogens is 4. The number of imide groups is 1. The number of hydrogen-bond acceptors (Lipinski definition) is 6. The molecule has 0 spiro atoms. The molecule has 37 heavy (non-hydrogen) atoms. The van der Waals surface area contributed by atoms with Gasteiger partial charge in [-0.1, -0.05) is 13.8 Å². The van der Waals surface area contributed by atoms with Gasteiger partial charge in [0, 0.05) is 43.9 Å². The normalized spacial score (nSPS) is 20.2. The molecular formula is C27H31FN6O3. The maximum absolute atomic E-state index is 13.6. The Bertz CT molecular complexity index is 1340. The Balaban J connectivity index is 1.37. The molecule has 0 atom stereocenters. The van der Waals surface area contributed by atoms with Gasteiger partial charge in [-0.2, -0.15) is 0 Å². The first-order valence-corrected chi connectivity index (χ1v) is 12.8. The Morgan fingerprint density at radius 3 is 2.32 bits per heavy atom. The van der Waals surface area contributed by atoms with Crippen molar-refractivity contribution in [3.8, 4) is 17.1 Å². The fraction of sp³-hybridized carbons (Fsp3) is 0.444. The zero-order chi connectivity index (χ0) is 26.1. The van der Waals surface area contributed by atoms with Crippen molar-refractivity contribution in [2.24, 2.45) is 5.92 Å². The fourth-order valence-corrected chi connectivity index (χ4v) is 5.27. The highest BCUT2D eigenvalue weighted by molar-refractivity contribution is 6.02. The van der Waals surface area contributed by atoms with Crippen molar-refractivity contribution >= 4 is 17.8 Å². The second-order valence-corrected chi connectivity index (χ2v) is 10.2. The van der Waals surface area contributed by atoms with Crippen molar-refractivity contribution in [3.05, 3.63) is 59.0 Å². The molecule has 0 radical (unpaired) electrons. The van der Waals surface area contributed by atoms with E-state index in [1.165, 1.54) is 17.0 Å². The van der Waals surface area contributed by atoms with Gasteiger partial charge in [0.1, 0.15) is 5.82 Å². The molecule has 9 nitrogen and oxygen atoms in total. The number of halogens is 1. The number of hydrogen-bond donors (Lipinski definition) is 1.